The van der Waals surface area contributed by atoms with Crippen molar-refractivity contribution in [2.75, 3.05) is 0 Å². The summed E-state index contributed by atoms with van der Waals surface area (Å²) in [5, 5.41) is 4.76. The first-order valence-electron chi connectivity index (χ1n) is 4.18. The first-order chi connectivity index (χ1) is 6.18. The molecule has 3 nitrogen and oxygen atoms in total. The number of nitrogens with zero attached hydrogens (tertiary/aromatic N) is 3. The first-order valence-corrected chi connectivity index (χ1v) is 4.56. The number of rotatable bonds is 1. The summed E-state index contributed by atoms with van der Waals surface area (Å²) in [6.45, 7) is 4.19. The third-order valence-corrected chi connectivity index (χ3v) is 2.22. The zero-order valence-electron chi connectivity index (χ0n) is 7.53. The average molecular weight is 196 g/mol. The molecule has 2 aromatic rings. The van der Waals surface area contributed by atoms with E-state index < -0.39 is 0 Å². The molecule has 0 unspecified atom stereocenters. The Bertz CT molecular complexity index is 433. The second-order valence-corrected chi connectivity index (χ2v) is 3.67. The Kier molecular flexibility index (Phi) is 1.96. The second-order valence-electron chi connectivity index (χ2n) is 3.27. The standard InChI is InChI=1S/C9H10ClN3/c1-6(2)8-5-13-9(12-8)7(10)3-4-11-13/h3-6H,1-2H3. The van der Waals surface area contributed by atoms with Crippen LogP contribution in [0.25, 0.3) is 5.65 Å². The zero-order valence-corrected chi connectivity index (χ0v) is 8.28. The maximum Gasteiger partial charge on any atom is 0.172 e. The molecule has 2 heterocycles. The summed E-state index contributed by atoms with van der Waals surface area (Å²) in [4.78, 5) is 4.38. The molecule has 0 amide bonds. The van der Waals surface area contributed by atoms with Gasteiger partial charge in [-0.15, -0.1) is 0 Å². The van der Waals surface area contributed by atoms with Crippen molar-refractivity contribution < 1.29 is 0 Å². The van der Waals surface area contributed by atoms with Crippen molar-refractivity contribution in [3.63, 3.8) is 0 Å². The molecule has 0 saturated heterocycles. The molecule has 0 aromatic carbocycles. The molecule has 2 aromatic heterocycles. The number of hydrogen-bond donors (Lipinski definition) is 0. The topological polar surface area (TPSA) is 30.2 Å². The minimum absolute atomic E-state index is 0.401. The van der Waals surface area contributed by atoms with Crippen molar-refractivity contribution in [3.05, 3.63) is 29.2 Å². The molecule has 0 aliphatic heterocycles. The highest BCUT2D eigenvalue weighted by atomic mass is 35.5. The van der Waals surface area contributed by atoms with Gasteiger partial charge in [-0.1, -0.05) is 25.4 Å². The van der Waals surface area contributed by atoms with Crippen LogP contribution >= 0.6 is 11.6 Å². The predicted octanol–water partition coefficient (Wildman–Crippen LogP) is 2.51. The van der Waals surface area contributed by atoms with Crippen LogP contribution in [-0.4, -0.2) is 14.6 Å². The zero-order chi connectivity index (χ0) is 9.42. The Morgan fingerprint density at radius 3 is 2.85 bits per heavy atom. The molecule has 0 N–H and O–H groups in total. The third kappa shape index (κ3) is 1.40. The van der Waals surface area contributed by atoms with E-state index in [-0.39, 0.29) is 0 Å². The molecule has 4 heteroatoms. The first kappa shape index (κ1) is 8.51. The van der Waals surface area contributed by atoms with E-state index in [9.17, 15) is 0 Å². The minimum atomic E-state index is 0.401. The SMILES string of the molecule is CC(C)c1cn2nccc(Cl)c2n1. The third-order valence-electron chi connectivity index (χ3n) is 1.92. The van der Waals surface area contributed by atoms with Gasteiger partial charge in [0.1, 0.15) is 0 Å². The minimum Gasteiger partial charge on any atom is -0.230 e. The smallest absolute Gasteiger partial charge is 0.172 e. The van der Waals surface area contributed by atoms with Crippen molar-refractivity contribution >= 4 is 17.2 Å². The second kappa shape index (κ2) is 3.00. The molecular weight excluding hydrogens is 186 g/mol. The maximum atomic E-state index is 5.95. The van der Waals surface area contributed by atoms with E-state index in [0.29, 0.717) is 10.9 Å². The fraction of sp³-hybridized carbons (Fsp3) is 0.333. The van der Waals surface area contributed by atoms with Crippen LogP contribution in [0.5, 0.6) is 0 Å². The fourth-order valence-electron chi connectivity index (χ4n) is 1.16. The van der Waals surface area contributed by atoms with Crippen LogP contribution in [0.3, 0.4) is 0 Å². The number of hydrogen-bond acceptors (Lipinski definition) is 2. The summed E-state index contributed by atoms with van der Waals surface area (Å²) in [6.07, 6.45) is 3.58. The Labute approximate surface area is 81.4 Å². The van der Waals surface area contributed by atoms with Gasteiger partial charge in [-0.3, -0.25) is 0 Å². The number of halogens is 1. The lowest BCUT2D eigenvalue weighted by atomic mass is 10.2. The van der Waals surface area contributed by atoms with Crippen LogP contribution in [0.4, 0.5) is 0 Å². The molecule has 0 aliphatic rings. The summed E-state index contributed by atoms with van der Waals surface area (Å²) in [7, 11) is 0. The van der Waals surface area contributed by atoms with Crippen molar-refractivity contribution in [1.82, 2.24) is 14.6 Å². The van der Waals surface area contributed by atoms with E-state index in [1.807, 2.05) is 6.20 Å². The van der Waals surface area contributed by atoms with Crippen LogP contribution in [-0.2, 0) is 0 Å². The van der Waals surface area contributed by atoms with E-state index in [0.717, 1.165) is 11.3 Å². The van der Waals surface area contributed by atoms with Crippen molar-refractivity contribution in [2.24, 2.45) is 0 Å². The van der Waals surface area contributed by atoms with Gasteiger partial charge in [-0.05, 0) is 12.0 Å². The van der Waals surface area contributed by atoms with Gasteiger partial charge in [-0.25, -0.2) is 9.50 Å². The Balaban J connectivity index is 2.68. The van der Waals surface area contributed by atoms with Crippen molar-refractivity contribution in [1.29, 1.82) is 0 Å². The molecule has 0 aliphatic carbocycles. The lowest BCUT2D eigenvalue weighted by Gasteiger charge is -1.94. The fourth-order valence-corrected chi connectivity index (χ4v) is 1.35. The lowest BCUT2D eigenvalue weighted by molar-refractivity contribution is 0.829. The van der Waals surface area contributed by atoms with Gasteiger partial charge in [0, 0.05) is 6.20 Å². The summed E-state index contributed by atoms with van der Waals surface area (Å²) < 4.78 is 1.71. The van der Waals surface area contributed by atoms with Gasteiger partial charge in [-0.2, -0.15) is 5.10 Å². The molecule has 0 spiro atoms. The van der Waals surface area contributed by atoms with Crippen LogP contribution in [0.1, 0.15) is 25.5 Å². The van der Waals surface area contributed by atoms with Crippen LogP contribution in [0, 0.1) is 0 Å². The molecular formula is C9H10ClN3. The van der Waals surface area contributed by atoms with Gasteiger partial charge in [0.05, 0.1) is 16.9 Å². The van der Waals surface area contributed by atoms with E-state index in [2.05, 4.69) is 23.9 Å². The Morgan fingerprint density at radius 2 is 2.23 bits per heavy atom. The quantitative estimate of drug-likeness (QED) is 0.700. The van der Waals surface area contributed by atoms with E-state index in [1.165, 1.54) is 0 Å². The van der Waals surface area contributed by atoms with Crippen LogP contribution in [0.2, 0.25) is 5.02 Å². The average Bonchev–Trinajstić information content (AvgIpc) is 2.49. The van der Waals surface area contributed by atoms with Crippen LogP contribution in [0.15, 0.2) is 18.5 Å². The largest absolute Gasteiger partial charge is 0.230 e. The molecule has 13 heavy (non-hydrogen) atoms. The highest BCUT2D eigenvalue weighted by Gasteiger charge is 2.07. The van der Waals surface area contributed by atoms with Gasteiger partial charge in [0.25, 0.3) is 0 Å². The van der Waals surface area contributed by atoms with Crippen molar-refractivity contribution in [3.8, 4) is 0 Å². The van der Waals surface area contributed by atoms with Gasteiger partial charge in [0.15, 0.2) is 5.65 Å². The molecule has 0 atom stereocenters. The summed E-state index contributed by atoms with van der Waals surface area (Å²) in [5.41, 5.74) is 1.74. The van der Waals surface area contributed by atoms with Crippen molar-refractivity contribution in [2.45, 2.75) is 19.8 Å². The normalized spacial score (nSPS) is 11.4. The van der Waals surface area contributed by atoms with E-state index in [4.69, 9.17) is 11.6 Å². The maximum absolute atomic E-state index is 5.95. The van der Waals surface area contributed by atoms with Gasteiger partial charge in [0.2, 0.25) is 0 Å². The highest BCUT2D eigenvalue weighted by molar-refractivity contribution is 6.33. The van der Waals surface area contributed by atoms with E-state index in [1.54, 1.807) is 16.8 Å². The van der Waals surface area contributed by atoms with Gasteiger partial charge < -0.3 is 0 Å². The molecule has 0 radical (unpaired) electrons. The van der Waals surface area contributed by atoms with Crippen LogP contribution < -0.4 is 0 Å². The molecule has 0 bridgehead atoms. The Morgan fingerprint density at radius 1 is 1.46 bits per heavy atom. The number of imidazole rings is 1. The highest BCUT2D eigenvalue weighted by Crippen LogP contribution is 2.18. The predicted molar refractivity (Wildman–Crippen MR) is 52.1 cm³/mol. The number of aromatic nitrogens is 3. The summed E-state index contributed by atoms with van der Waals surface area (Å²) in [5.74, 6) is 0.401. The monoisotopic (exact) mass is 195 g/mol. The summed E-state index contributed by atoms with van der Waals surface area (Å²) >= 11 is 5.95. The van der Waals surface area contributed by atoms with E-state index >= 15 is 0 Å². The van der Waals surface area contributed by atoms with Gasteiger partial charge >= 0.3 is 0 Å². The Hall–Kier alpha value is -1.09. The molecule has 0 saturated carbocycles. The molecule has 2 rings (SSSR count). The lowest BCUT2D eigenvalue weighted by Crippen LogP contribution is -1.87. The summed E-state index contributed by atoms with van der Waals surface area (Å²) in [6, 6.07) is 1.74. The molecule has 0 fully saturated rings. The number of fused-ring (bicyclic) bond motifs is 1. The molecule has 68 valence electrons.